The first-order valence-electron chi connectivity index (χ1n) is 8.57. The first kappa shape index (κ1) is 19.7. The van der Waals surface area contributed by atoms with Gasteiger partial charge in [-0.25, -0.2) is 8.42 Å². The lowest BCUT2D eigenvalue weighted by Gasteiger charge is -2.33. The highest BCUT2D eigenvalue weighted by Crippen LogP contribution is 2.28. The molecular formula is C17H23N5O3S2. The normalized spacial score (nSPS) is 15.8. The van der Waals surface area contributed by atoms with Crippen molar-refractivity contribution < 1.29 is 13.2 Å². The van der Waals surface area contributed by atoms with Crippen LogP contribution in [0.3, 0.4) is 0 Å². The number of amides is 1. The van der Waals surface area contributed by atoms with E-state index in [1.807, 2.05) is 27.9 Å². The zero-order valence-corrected chi connectivity index (χ0v) is 17.5. The van der Waals surface area contributed by atoms with Crippen LogP contribution >= 0.6 is 11.3 Å². The molecule has 10 heteroatoms. The third-order valence-corrected chi connectivity index (χ3v) is 7.59. The summed E-state index contributed by atoms with van der Waals surface area (Å²) in [6, 6.07) is 5.10. The fourth-order valence-corrected chi connectivity index (χ4v) is 5.92. The molecule has 2 aromatic heterocycles. The van der Waals surface area contributed by atoms with Crippen molar-refractivity contribution in [3.8, 4) is 0 Å². The lowest BCUT2D eigenvalue weighted by Crippen LogP contribution is -2.50. The second-order valence-electron chi connectivity index (χ2n) is 6.64. The molecular weight excluding hydrogens is 386 g/mol. The quantitative estimate of drug-likeness (QED) is 0.758. The molecule has 146 valence electrons. The number of aryl methyl sites for hydroxylation is 2. The summed E-state index contributed by atoms with van der Waals surface area (Å²) in [4.78, 5) is 18.2. The van der Waals surface area contributed by atoms with E-state index in [9.17, 15) is 13.2 Å². The first-order chi connectivity index (χ1) is 12.7. The number of nitrogens with zero attached hydrogens (tertiary/aromatic N) is 5. The fourth-order valence-electron chi connectivity index (χ4n) is 2.97. The van der Waals surface area contributed by atoms with Gasteiger partial charge in [0.25, 0.3) is 5.91 Å². The van der Waals surface area contributed by atoms with Gasteiger partial charge in [0.05, 0.1) is 4.90 Å². The monoisotopic (exact) mass is 409 g/mol. The largest absolute Gasteiger partial charge is 0.361 e. The van der Waals surface area contributed by atoms with Crippen molar-refractivity contribution in [1.29, 1.82) is 0 Å². The summed E-state index contributed by atoms with van der Waals surface area (Å²) >= 11 is 1.48. The summed E-state index contributed by atoms with van der Waals surface area (Å²) < 4.78 is 27.2. The van der Waals surface area contributed by atoms with E-state index >= 15 is 0 Å². The lowest BCUT2D eigenvalue weighted by atomic mass is 10.3. The van der Waals surface area contributed by atoms with Crippen LogP contribution in [0.25, 0.3) is 0 Å². The second-order valence-corrected chi connectivity index (χ2v) is 10.0. The number of sulfonamides is 1. The summed E-state index contributed by atoms with van der Waals surface area (Å²) in [6.07, 6.45) is 0. The average molecular weight is 410 g/mol. The van der Waals surface area contributed by atoms with E-state index in [1.165, 1.54) is 15.6 Å². The van der Waals surface area contributed by atoms with Crippen molar-refractivity contribution in [3.05, 3.63) is 33.6 Å². The van der Waals surface area contributed by atoms with Crippen molar-refractivity contribution >= 4 is 33.1 Å². The third-order valence-electron chi connectivity index (χ3n) is 4.47. The van der Waals surface area contributed by atoms with Crippen LogP contribution in [0.15, 0.2) is 23.1 Å². The van der Waals surface area contributed by atoms with Crippen molar-refractivity contribution in [3.63, 3.8) is 0 Å². The maximum Gasteiger partial charge on any atom is 0.274 e. The van der Waals surface area contributed by atoms with Gasteiger partial charge < -0.3 is 9.80 Å². The molecule has 27 heavy (non-hydrogen) atoms. The molecule has 3 heterocycles. The van der Waals surface area contributed by atoms with Crippen LogP contribution in [-0.4, -0.2) is 74.0 Å². The van der Waals surface area contributed by atoms with Gasteiger partial charge in [0.2, 0.25) is 10.0 Å². The Morgan fingerprint density at radius 1 is 1.11 bits per heavy atom. The van der Waals surface area contributed by atoms with E-state index in [0.29, 0.717) is 23.8 Å². The van der Waals surface area contributed by atoms with Gasteiger partial charge in [-0.2, -0.15) is 4.31 Å². The molecule has 0 saturated carbocycles. The third kappa shape index (κ3) is 3.97. The Labute approximate surface area is 163 Å². The highest BCUT2D eigenvalue weighted by Gasteiger charge is 2.32. The van der Waals surface area contributed by atoms with E-state index in [1.54, 1.807) is 28.0 Å². The minimum atomic E-state index is -3.53. The predicted molar refractivity (Wildman–Crippen MR) is 105 cm³/mol. The van der Waals surface area contributed by atoms with Gasteiger partial charge in [-0.05, 0) is 32.0 Å². The zero-order valence-electron chi connectivity index (χ0n) is 15.8. The minimum absolute atomic E-state index is 0.229. The molecule has 2 aromatic rings. The topological polar surface area (TPSA) is 86.7 Å². The summed E-state index contributed by atoms with van der Waals surface area (Å²) in [5, 5.41) is 8.01. The minimum Gasteiger partial charge on any atom is -0.361 e. The van der Waals surface area contributed by atoms with Gasteiger partial charge in [-0.1, -0.05) is 0 Å². The molecule has 8 nitrogen and oxygen atoms in total. The standard InChI is InChI=1S/C17H23N5O3S2/c1-12-11-15(13(2)26-12)27(24,25)22-9-7-21(8-10-22)17(23)14-5-6-16(19-18-14)20(3)4/h5-6,11H,7-10H2,1-4H3. The van der Waals surface area contributed by atoms with Gasteiger partial charge in [0.15, 0.2) is 11.5 Å². The highest BCUT2D eigenvalue weighted by atomic mass is 32.2. The molecule has 1 aliphatic heterocycles. The molecule has 0 unspecified atom stereocenters. The highest BCUT2D eigenvalue weighted by molar-refractivity contribution is 7.89. The number of carbonyl (C=O) groups excluding carboxylic acids is 1. The molecule has 3 rings (SSSR count). The maximum absolute atomic E-state index is 12.9. The molecule has 1 aliphatic rings. The van der Waals surface area contributed by atoms with Crippen molar-refractivity contribution in [2.24, 2.45) is 0 Å². The molecule has 1 fully saturated rings. The Kier molecular flexibility index (Phi) is 5.50. The summed E-state index contributed by atoms with van der Waals surface area (Å²) in [6.45, 7) is 4.92. The number of anilines is 1. The van der Waals surface area contributed by atoms with E-state index in [2.05, 4.69) is 10.2 Å². The van der Waals surface area contributed by atoms with E-state index < -0.39 is 10.0 Å². The van der Waals surface area contributed by atoms with Gasteiger partial charge in [0.1, 0.15) is 0 Å². The Morgan fingerprint density at radius 2 is 1.78 bits per heavy atom. The molecule has 1 amide bonds. The second kappa shape index (κ2) is 7.53. The summed E-state index contributed by atoms with van der Waals surface area (Å²) in [5.74, 6) is 0.441. The first-order valence-corrected chi connectivity index (χ1v) is 10.8. The Balaban J connectivity index is 1.68. The molecule has 1 saturated heterocycles. The molecule has 0 atom stereocenters. The van der Waals surface area contributed by atoms with E-state index in [-0.39, 0.29) is 24.7 Å². The molecule has 0 radical (unpaired) electrons. The number of aromatic nitrogens is 2. The summed E-state index contributed by atoms with van der Waals surface area (Å²) in [7, 11) is 0.170. The number of hydrogen-bond donors (Lipinski definition) is 0. The van der Waals surface area contributed by atoms with Crippen LogP contribution in [0.4, 0.5) is 5.82 Å². The molecule has 0 aromatic carbocycles. The maximum atomic E-state index is 12.9. The number of thiophene rings is 1. The number of hydrogen-bond acceptors (Lipinski definition) is 7. The SMILES string of the molecule is Cc1cc(S(=O)(=O)N2CCN(C(=O)c3ccc(N(C)C)nn3)CC2)c(C)s1. The number of carbonyl (C=O) groups is 1. The summed E-state index contributed by atoms with van der Waals surface area (Å²) in [5.41, 5.74) is 0.265. The van der Waals surface area contributed by atoms with Crippen molar-refractivity contribution in [2.75, 3.05) is 45.2 Å². The van der Waals surface area contributed by atoms with Crippen LogP contribution in [0.1, 0.15) is 20.2 Å². The number of rotatable bonds is 4. The van der Waals surface area contributed by atoms with E-state index in [4.69, 9.17) is 0 Å². The van der Waals surface area contributed by atoms with Gasteiger partial charge in [0, 0.05) is 50.0 Å². The predicted octanol–water partition coefficient (Wildman–Crippen LogP) is 1.37. The average Bonchev–Trinajstić information content (AvgIpc) is 3.00. The van der Waals surface area contributed by atoms with Gasteiger partial charge in [-0.3, -0.25) is 4.79 Å². The van der Waals surface area contributed by atoms with Gasteiger partial charge >= 0.3 is 0 Å². The molecule has 0 N–H and O–H groups in total. The Bertz CT molecular complexity index is 930. The molecule has 0 bridgehead atoms. The molecule has 0 spiro atoms. The fraction of sp³-hybridized carbons (Fsp3) is 0.471. The van der Waals surface area contributed by atoms with Crippen molar-refractivity contribution in [1.82, 2.24) is 19.4 Å². The smallest absolute Gasteiger partial charge is 0.274 e. The molecule has 0 aliphatic carbocycles. The number of piperazine rings is 1. The van der Waals surface area contributed by atoms with E-state index in [0.717, 1.165) is 9.75 Å². The van der Waals surface area contributed by atoms with Crippen LogP contribution in [0, 0.1) is 13.8 Å². The Morgan fingerprint density at radius 3 is 2.26 bits per heavy atom. The lowest BCUT2D eigenvalue weighted by molar-refractivity contribution is 0.0691. The van der Waals surface area contributed by atoms with Gasteiger partial charge in [-0.15, -0.1) is 21.5 Å². The Hall–Kier alpha value is -2.04. The van der Waals surface area contributed by atoms with Crippen LogP contribution in [0.5, 0.6) is 0 Å². The van der Waals surface area contributed by atoms with Crippen LogP contribution in [0.2, 0.25) is 0 Å². The van der Waals surface area contributed by atoms with Crippen LogP contribution in [-0.2, 0) is 10.0 Å². The van der Waals surface area contributed by atoms with Crippen LogP contribution < -0.4 is 4.90 Å². The van der Waals surface area contributed by atoms with Crippen molar-refractivity contribution in [2.45, 2.75) is 18.7 Å². The zero-order chi connectivity index (χ0) is 19.8.